The van der Waals surface area contributed by atoms with E-state index in [4.69, 9.17) is 4.74 Å². The first-order valence-electron chi connectivity index (χ1n) is 8.89. The van der Waals surface area contributed by atoms with Crippen molar-refractivity contribution >= 4 is 15.8 Å². The van der Waals surface area contributed by atoms with Crippen LogP contribution >= 0.6 is 0 Å². The Morgan fingerprint density at radius 3 is 2.38 bits per heavy atom. The van der Waals surface area contributed by atoms with E-state index < -0.39 is 14.6 Å². The summed E-state index contributed by atoms with van der Waals surface area (Å²) >= 11 is 0. The second-order valence-electron chi connectivity index (χ2n) is 7.65. The number of nitrogens with one attached hydrogen (secondary N) is 2. The van der Waals surface area contributed by atoms with E-state index in [2.05, 4.69) is 15.6 Å². The molecule has 0 radical (unpaired) electrons. The maximum absolute atomic E-state index is 12.2. The number of rotatable bonds is 9. The van der Waals surface area contributed by atoms with Gasteiger partial charge >= 0.3 is 0 Å². The van der Waals surface area contributed by atoms with Gasteiger partial charge in [-0.25, -0.2) is 8.42 Å². The lowest BCUT2D eigenvalue weighted by molar-refractivity contribution is 0.0778. The van der Waals surface area contributed by atoms with Gasteiger partial charge in [-0.1, -0.05) is 6.42 Å². The number of hydrogen-bond donors (Lipinski definition) is 2. The van der Waals surface area contributed by atoms with Crippen molar-refractivity contribution in [1.82, 2.24) is 10.6 Å². The summed E-state index contributed by atoms with van der Waals surface area (Å²) in [6.07, 6.45) is 4.67. The van der Waals surface area contributed by atoms with Gasteiger partial charge in [-0.15, -0.1) is 0 Å². The SMILES string of the molecule is CCNC(=NCC1(CCOC)CCC1)NCCS(=O)(=O)C(C)(C)C. The van der Waals surface area contributed by atoms with E-state index >= 15 is 0 Å². The molecule has 1 rings (SSSR count). The maximum Gasteiger partial charge on any atom is 0.191 e. The molecule has 0 aliphatic heterocycles. The summed E-state index contributed by atoms with van der Waals surface area (Å²) in [6, 6.07) is 0. The molecule has 24 heavy (non-hydrogen) atoms. The van der Waals surface area contributed by atoms with Crippen molar-refractivity contribution < 1.29 is 13.2 Å². The Kier molecular flexibility index (Phi) is 7.99. The van der Waals surface area contributed by atoms with Crippen molar-refractivity contribution in [3.8, 4) is 0 Å². The first kappa shape index (κ1) is 21.2. The monoisotopic (exact) mass is 361 g/mol. The van der Waals surface area contributed by atoms with Gasteiger partial charge < -0.3 is 15.4 Å². The predicted octanol–water partition coefficient (Wildman–Crippen LogP) is 1.96. The summed E-state index contributed by atoms with van der Waals surface area (Å²) in [7, 11) is -1.39. The summed E-state index contributed by atoms with van der Waals surface area (Å²) in [4.78, 5) is 4.69. The van der Waals surface area contributed by atoms with Crippen LogP contribution in [0.4, 0.5) is 0 Å². The molecule has 0 aromatic rings. The number of methoxy groups -OCH3 is 1. The smallest absolute Gasteiger partial charge is 0.191 e. The van der Waals surface area contributed by atoms with Crippen LogP contribution in [0.3, 0.4) is 0 Å². The van der Waals surface area contributed by atoms with Gasteiger partial charge in [-0.2, -0.15) is 0 Å². The Labute approximate surface area is 147 Å². The standard InChI is InChI=1S/C17H35N3O3S/c1-6-18-15(19-11-13-24(21,22)16(2,3)4)20-14-17(8-7-9-17)10-12-23-5/h6-14H2,1-5H3,(H2,18,19,20). The summed E-state index contributed by atoms with van der Waals surface area (Å²) in [5, 5.41) is 6.35. The van der Waals surface area contributed by atoms with Crippen molar-refractivity contribution in [1.29, 1.82) is 0 Å². The van der Waals surface area contributed by atoms with Gasteiger partial charge in [0.25, 0.3) is 0 Å². The number of ether oxygens (including phenoxy) is 1. The molecule has 2 N–H and O–H groups in total. The Bertz CT molecular complexity index is 506. The Morgan fingerprint density at radius 2 is 1.92 bits per heavy atom. The number of guanidine groups is 1. The molecule has 1 aliphatic rings. The van der Waals surface area contributed by atoms with Crippen LogP contribution in [-0.2, 0) is 14.6 Å². The van der Waals surface area contributed by atoms with E-state index in [1.807, 2.05) is 6.92 Å². The van der Waals surface area contributed by atoms with Crippen LogP contribution in [0.15, 0.2) is 4.99 Å². The lowest BCUT2D eigenvalue weighted by Crippen LogP contribution is -2.43. The summed E-state index contributed by atoms with van der Waals surface area (Å²) in [5.41, 5.74) is 0.260. The van der Waals surface area contributed by atoms with E-state index in [-0.39, 0.29) is 11.2 Å². The fourth-order valence-corrected chi connectivity index (χ4v) is 3.66. The van der Waals surface area contributed by atoms with Gasteiger partial charge in [-0.3, -0.25) is 4.99 Å². The average molecular weight is 362 g/mol. The van der Waals surface area contributed by atoms with Crippen LogP contribution in [0, 0.1) is 5.41 Å². The van der Waals surface area contributed by atoms with Crippen molar-refractivity contribution in [2.45, 2.75) is 58.1 Å². The topological polar surface area (TPSA) is 79.8 Å². The zero-order valence-electron chi connectivity index (χ0n) is 15.9. The third kappa shape index (κ3) is 6.24. The van der Waals surface area contributed by atoms with Crippen molar-refractivity contribution in [2.24, 2.45) is 10.4 Å². The molecule has 1 fully saturated rings. The van der Waals surface area contributed by atoms with Gasteiger partial charge in [0.15, 0.2) is 15.8 Å². The van der Waals surface area contributed by atoms with E-state index in [1.165, 1.54) is 19.3 Å². The second kappa shape index (κ2) is 9.04. The number of hydrogen-bond acceptors (Lipinski definition) is 4. The molecule has 7 heteroatoms. The van der Waals surface area contributed by atoms with Gasteiger partial charge in [-0.05, 0) is 52.4 Å². The Hall–Kier alpha value is -0.820. The minimum absolute atomic E-state index is 0.107. The van der Waals surface area contributed by atoms with Crippen LogP contribution in [0.25, 0.3) is 0 Å². The molecule has 0 saturated heterocycles. The number of sulfone groups is 1. The summed E-state index contributed by atoms with van der Waals surface area (Å²) in [6.45, 7) is 9.86. The molecule has 0 aromatic heterocycles. The van der Waals surface area contributed by atoms with E-state index in [9.17, 15) is 8.42 Å². The minimum atomic E-state index is -3.12. The zero-order valence-corrected chi connectivity index (χ0v) is 16.8. The fourth-order valence-electron chi connectivity index (χ4n) is 2.68. The van der Waals surface area contributed by atoms with E-state index in [1.54, 1.807) is 27.9 Å². The molecule has 142 valence electrons. The predicted molar refractivity (Wildman–Crippen MR) is 100 cm³/mol. The third-order valence-electron chi connectivity index (χ3n) is 4.76. The van der Waals surface area contributed by atoms with Gasteiger partial charge in [0.2, 0.25) is 0 Å². The third-order valence-corrected chi connectivity index (χ3v) is 7.37. The van der Waals surface area contributed by atoms with Gasteiger partial charge in [0.05, 0.1) is 10.5 Å². The molecule has 0 bridgehead atoms. The largest absolute Gasteiger partial charge is 0.385 e. The lowest BCUT2D eigenvalue weighted by Gasteiger charge is -2.40. The molecule has 0 heterocycles. The molecule has 0 aromatic carbocycles. The lowest BCUT2D eigenvalue weighted by atomic mass is 9.67. The minimum Gasteiger partial charge on any atom is -0.385 e. The molecule has 6 nitrogen and oxygen atoms in total. The van der Waals surface area contributed by atoms with Gasteiger partial charge in [0, 0.05) is 33.4 Å². The highest BCUT2D eigenvalue weighted by Gasteiger charge is 2.36. The molecular weight excluding hydrogens is 326 g/mol. The first-order valence-corrected chi connectivity index (χ1v) is 10.5. The quantitative estimate of drug-likeness (QED) is 0.485. The fraction of sp³-hybridized carbons (Fsp3) is 0.941. The molecule has 0 atom stereocenters. The van der Waals surface area contributed by atoms with Crippen molar-refractivity contribution in [3.63, 3.8) is 0 Å². The van der Waals surface area contributed by atoms with Crippen molar-refractivity contribution in [3.05, 3.63) is 0 Å². The van der Waals surface area contributed by atoms with Crippen LogP contribution in [0.5, 0.6) is 0 Å². The average Bonchev–Trinajstić information content (AvgIpc) is 2.44. The van der Waals surface area contributed by atoms with Crippen molar-refractivity contribution in [2.75, 3.05) is 39.1 Å². The highest BCUT2D eigenvalue weighted by molar-refractivity contribution is 7.92. The summed E-state index contributed by atoms with van der Waals surface area (Å²) in [5.74, 6) is 0.806. The van der Waals surface area contributed by atoms with Crippen LogP contribution in [0.2, 0.25) is 0 Å². The normalized spacial score (nSPS) is 18.1. The Balaban J connectivity index is 2.57. The van der Waals surface area contributed by atoms with Crippen LogP contribution < -0.4 is 10.6 Å². The van der Waals surface area contributed by atoms with E-state index in [0.717, 1.165) is 26.1 Å². The highest BCUT2D eigenvalue weighted by Crippen LogP contribution is 2.44. The zero-order chi connectivity index (χ0) is 18.3. The Morgan fingerprint density at radius 1 is 1.25 bits per heavy atom. The van der Waals surface area contributed by atoms with Gasteiger partial charge in [0.1, 0.15) is 0 Å². The van der Waals surface area contributed by atoms with Crippen LogP contribution in [0.1, 0.15) is 53.4 Å². The number of nitrogens with zero attached hydrogens (tertiary/aromatic N) is 1. The molecule has 1 aliphatic carbocycles. The highest BCUT2D eigenvalue weighted by atomic mass is 32.2. The molecular formula is C17H35N3O3S. The maximum atomic E-state index is 12.2. The second-order valence-corrected chi connectivity index (χ2v) is 10.5. The molecule has 0 unspecified atom stereocenters. The molecule has 1 saturated carbocycles. The van der Waals surface area contributed by atoms with E-state index in [0.29, 0.717) is 12.5 Å². The molecule has 0 amide bonds. The summed E-state index contributed by atoms with van der Waals surface area (Å²) < 4.78 is 28.8. The number of aliphatic imine (C=N–C) groups is 1. The first-order chi connectivity index (χ1) is 11.2. The molecule has 0 spiro atoms. The van der Waals surface area contributed by atoms with Crippen LogP contribution in [-0.4, -0.2) is 58.2 Å².